The number of nitrogens with zero attached hydrogens (tertiary/aromatic N) is 2. The quantitative estimate of drug-likeness (QED) is 0.349. The highest BCUT2D eigenvalue weighted by Gasteiger charge is 2.31. The molecule has 1 aliphatic rings. The van der Waals surface area contributed by atoms with Crippen LogP contribution in [0.1, 0.15) is 60.7 Å². The van der Waals surface area contributed by atoms with Gasteiger partial charge in [0.05, 0.1) is 35.3 Å². The predicted molar refractivity (Wildman–Crippen MR) is 178 cm³/mol. The molecule has 3 aromatic carbocycles. The minimum absolute atomic E-state index is 0.0948. The topological polar surface area (TPSA) is 125 Å². The van der Waals surface area contributed by atoms with Crippen molar-refractivity contribution in [3.05, 3.63) is 90.0 Å². The van der Waals surface area contributed by atoms with E-state index in [9.17, 15) is 23.1 Å². The lowest BCUT2D eigenvalue weighted by Crippen LogP contribution is -2.48. The molecular formula is C35H45N3O7S. The molecule has 10 nitrogen and oxygen atoms in total. The molecule has 2 N–H and O–H groups in total. The fourth-order valence-corrected chi connectivity index (χ4v) is 6.49. The Morgan fingerprint density at radius 1 is 1.04 bits per heavy atom. The number of aliphatic hydroxyl groups excluding tert-OH is 1. The molecule has 0 aromatic heterocycles. The number of amides is 2. The zero-order chi connectivity index (χ0) is 33.3. The minimum Gasteiger partial charge on any atom is -0.490 e. The van der Waals surface area contributed by atoms with Gasteiger partial charge in [-0.2, -0.15) is 0 Å². The normalized spacial score (nSPS) is 20.5. The predicted octanol–water partition coefficient (Wildman–Crippen LogP) is 5.06. The van der Waals surface area contributed by atoms with Crippen molar-refractivity contribution in [2.24, 2.45) is 5.92 Å². The van der Waals surface area contributed by atoms with Gasteiger partial charge in [0.15, 0.2) is 0 Å². The first-order valence-corrected chi connectivity index (χ1v) is 17.2. The Hall–Kier alpha value is -3.93. The van der Waals surface area contributed by atoms with Gasteiger partial charge in [0.1, 0.15) is 5.75 Å². The zero-order valence-corrected chi connectivity index (χ0v) is 27.8. The zero-order valence-electron chi connectivity index (χ0n) is 27.0. The van der Waals surface area contributed by atoms with Gasteiger partial charge in [0, 0.05) is 43.9 Å². The van der Waals surface area contributed by atoms with Gasteiger partial charge >= 0.3 is 0 Å². The Bertz CT molecular complexity index is 1550. The number of sulfonamides is 1. The van der Waals surface area contributed by atoms with Crippen molar-refractivity contribution in [2.75, 3.05) is 38.1 Å². The summed E-state index contributed by atoms with van der Waals surface area (Å²) >= 11 is 0. The van der Waals surface area contributed by atoms with Crippen LogP contribution in [0.2, 0.25) is 0 Å². The molecule has 0 saturated heterocycles. The molecule has 248 valence electrons. The number of hydrogen-bond donors (Lipinski definition) is 2. The summed E-state index contributed by atoms with van der Waals surface area (Å²) in [7, 11) is -2.17. The molecule has 0 radical (unpaired) electrons. The number of carbonyl (C=O) groups is 2. The Kier molecular flexibility index (Phi) is 12.2. The lowest BCUT2D eigenvalue weighted by atomic mass is 10.0. The van der Waals surface area contributed by atoms with Crippen LogP contribution in [0.3, 0.4) is 0 Å². The van der Waals surface area contributed by atoms with Crippen molar-refractivity contribution in [3.63, 3.8) is 0 Å². The Labute approximate surface area is 272 Å². The molecule has 0 fully saturated rings. The van der Waals surface area contributed by atoms with Crippen LogP contribution in [0.15, 0.2) is 83.8 Å². The number of benzene rings is 3. The average Bonchev–Trinajstić information content (AvgIpc) is 3.06. The SMILES string of the molecule is C[C@H]1CCCCO[C@H](CN(C)C(=O)c2ccccc2)[C@@H](C)CN([C@@H](C)CO)C(=O)c2cc(NS(=O)(=O)c3ccccc3)ccc2O1. The maximum Gasteiger partial charge on any atom is 0.261 e. The van der Waals surface area contributed by atoms with Gasteiger partial charge in [0.25, 0.3) is 21.8 Å². The molecule has 0 saturated carbocycles. The highest BCUT2D eigenvalue weighted by atomic mass is 32.2. The van der Waals surface area contributed by atoms with Gasteiger partial charge in [-0.15, -0.1) is 0 Å². The maximum absolute atomic E-state index is 14.3. The first kappa shape index (κ1) is 34.9. The lowest BCUT2D eigenvalue weighted by Gasteiger charge is -2.36. The summed E-state index contributed by atoms with van der Waals surface area (Å²) in [6.45, 7) is 6.37. The molecule has 46 heavy (non-hydrogen) atoms. The van der Waals surface area contributed by atoms with Crippen LogP contribution in [-0.4, -0.2) is 86.7 Å². The summed E-state index contributed by atoms with van der Waals surface area (Å²) < 4.78 is 41.4. The number of nitrogens with one attached hydrogen (secondary N) is 1. The van der Waals surface area contributed by atoms with Gasteiger partial charge in [0.2, 0.25) is 0 Å². The van der Waals surface area contributed by atoms with E-state index in [1.165, 1.54) is 18.2 Å². The summed E-state index contributed by atoms with van der Waals surface area (Å²) in [6.07, 6.45) is 1.71. The van der Waals surface area contributed by atoms with Crippen LogP contribution < -0.4 is 9.46 Å². The molecule has 4 atom stereocenters. The van der Waals surface area contributed by atoms with Crippen molar-refractivity contribution in [1.29, 1.82) is 0 Å². The van der Waals surface area contributed by atoms with Crippen LogP contribution >= 0.6 is 0 Å². The summed E-state index contributed by atoms with van der Waals surface area (Å²) in [5, 5.41) is 10.2. The number of ether oxygens (including phenoxy) is 2. The van der Waals surface area contributed by atoms with Crippen LogP contribution in [0.5, 0.6) is 5.75 Å². The summed E-state index contributed by atoms with van der Waals surface area (Å²) in [5.41, 5.74) is 0.965. The second kappa shape index (κ2) is 16.1. The standard InChI is InChI=1S/C35H45N3O7S/c1-25-22-38(26(2)24-39)35(41)31-21-29(36-46(42,43)30-16-9-6-10-17-30)18-19-32(31)45-27(3)13-11-12-20-44-33(25)23-37(4)34(40)28-14-7-5-8-15-28/h5-10,14-19,21,25-27,33,36,39H,11-13,20,22-24H2,1-4H3/t25-,26-,27-,33+/m0/s1. The second-order valence-electron chi connectivity index (χ2n) is 12.0. The maximum atomic E-state index is 14.3. The Morgan fingerprint density at radius 3 is 2.39 bits per heavy atom. The van der Waals surface area contributed by atoms with E-state index in [4.69, 9.17) is 9.47 Å². The number of hydrogen-bond acceptors (Lipinski definition) is 7. The molecule has 3 aromatic rings. The van der Waals surface area contributed by atoms with Crippen molar-refractivity contribution in [1.82, 2.24) is 9.80 Å². The largest absolute Gasteiger partial charge is 0.490 e. The van der Waals surface area contributed by atoms with Crippen LogP contribution in [0.4, 0.5) is 5.69 Å². The van der Waals surface area contributed by atoms with Crippen molar-refractivity contribution in [3.8, 4) is 5.75 Å². The van der Waals surface area contributed by atoms with Crippen LogP contribution in [0, 0.1) is 5.92 Å². The van der Waals surface area contributed by atoms with E-state index in [0.29, 0.717) is 30.9 Å². The molecular weight excluding hydrogens is 606 g/mol. The number of anilines is 1. The van der Waals surface area contributed by atoms with Gasteiger partial charge in [-0.05, 0) is 75.6 Å². The van der Waals surface area contributed by atoms with E-state index in [0.717, 1.165) is 12.8 Å². The van der Waals surface area contributed by atoms with Gasteiger partial charge in [-0.3, -0.25) is 14.3 Å². The Morgan fingerprint density at radius 2 is 1.72 bits per heavy atom. The summed E-state index contributed by atoms with van der Waals surface area (Å²) in [4.78, 5) is 30.8. The summed E-state index contributed by atoms with van der Waals surface area (Å²) in [5.74, 6) is -0.435. The molecule has 0 unspecified atom stereocenters. The average molecular weight is 652 g/mol. The first-order valence-electron chi connectivity index (χ1n) is 15.7. The van der Waals surface area contributed by atoms with Gasteiger partial charge in [-0.1, -0.05) is 43.3 Å². The summed E-state index contributed by atoms with van der Waals surface area (Å²) in [6, 6.07) is 21.1. The minimum atomic E-state index is -3.91. The third-order valence-corrected chi connectivity index (χ3v) is 9.58. The van der Waals surface area contributed by atoms with E-state index in [2.05, 4.69) is 4.72 Å². The third-order valence-electron chi connectivity index (χ3n) is 8.18. The van der Waals surface area contributed by atoms with E-state index in [-0.39, 0.29) is 53.3 Å². The Balaban J connectivity index is 1.66. The smallest absolute Gasteiger partial charge is 0.261 e. The fourth-order valence-electron chi connectivity index (χ4n) is 5.42. The van der Waals surface area contributed by atoms with E-state index < -0.39 is 22.0 Å². The number of fused-ring (bicyclic) bond motifs is 1. The van der Waals surface area contributed by atoms with Gasteiger partial charge < -0.3 is 24.4 Å². The fraction of sp³-hybridized carbons (Fsp3) is 0.429. The van der Waals surface area contributed by atoms with Crippen molar-refractivity contribution < 1.29 is 32.6 Å². The van der Waals surface area contributed by atoms with Crippen LogP contribution in [0.25, 0.3) is 0 Å². The molecule has 1 heterocycles. The number of likely N-dealkylation sites (N-methyl/N-ethyl adjacent to an activating group) is 1. The monoisotopic (exact) mass is 651 g/mol. The number of aliphatic hydroxyl groups is 1. The molecule has 0 spiro atoms. The van der Waals surface area contributed by atoms with E-state index >= 15 is 0 Å². The first-order chi connectivity index (χ1) is 22.0. The van der Waals surface area contributed by atoms with Crippen molar-refractivity contribution in [2.45, 2.75) is 63.2 Å². The second-order valence-corrected chi connectivity index (χ2v) is 13.7. The number of carbonyl (C=O) groups excluding carboxylic acids is 2. The van der Waals surface area contributed by atoms with Crippen molar-refractivity contribution >= 4 is 27.5 Å². The highest BCUT2D eigenvalue weighted by molar-refractivity contribution is 7.92. The van der Waals surface area contributed by atoms with Crippen LogP contribution in [-0.2, 0) is 14.8 Å². The third kappa shape index (κ3) is 9.08. The van der Waals surface area contributed by atoms with E-state index in [1.54, 1.807) is 66.2 Å². The molecule has 11 heteroatoms. The molecule has 0 aliphatic carbocycles. The molecule has 0 bridgehead atoms. The molecule has 2 amide bonds. The van der Waals surface area contributed by atoms with Gasteiger partial charge in [-0.25, -0.2) is 8.42 Å². The number of rotatable bonds is 8. The highest BCUT2D eigenvalue weighted by Crippen LogP contribution is 2.29. The molecule has 4 rings (SSSR count). The molecule has 1 aliphatic heterocycles. The van der Waals surface area contributed by atoms with E-state index in [1.807, 2.05) is 32.0 Å². The lowest BCUT2D eigenvalue weighted by molar-refractivity contribution is -0.0149.